The number of aromatic nitrogens is 2. The highest BCUT2D eigenvalue weighted by molar-refractivity contribution is 5.83. The normalized spacial score (nSPS) is 17.2. The first-order chi connectivity index (χ1) is 16.8. The van der Waals surface area contributed by atoms with E-state index in [1.807, 2.05) is 0 Å². The number of hydrogen-bond donors (Lipinski definition) is 5. The number of amides is 2. The van der Waals surface area contributed by atoms with Gasteiger partial charge in [-0.25, -0.2) is 9.59 Å². The van der Waals surface area contributed by atoms with Crippen LogP contribution in [0.3, 0.4) is 0 Å². The molecular formula is C24H27N5O6. The summed E-state index contributed by atoms with van der Waals surface area (Å²) < 4.78 is 5.81. The average Bonchev–Trinajstić information content (AvgIpc) is 3.51. The van der Waals surface area contributed by atoms with Gasteiger partial charge in [0.05, 0.1) is 6.04 Å². The van der Waals surface area contributed by atoms with Gasteiger partial charge >= 0.3 is 12.0 Å². The third-order valence-electron chi connectivity index (χ3n) is 5.94. The van der Waals surface area contributed by atoms with Crippen molar-refractivity contribution in [3.05, 3.63) is 71.4 Å². The second-order valence-electron chi connectivity index (χ2n) is 8.52. The summed E-state index contributed by atoms with van der Waals surface area (Å²) in [5.74, 6) is -0.445. The van der Waals surface area contributed by atoms with Crippen molar-refractivity contribution in [2.75, 3.05) is 6.54 Å². The van der Waals surface area contributed by atoms with E-state index in [2.05, 4.69) is 15.5 Å². The smallest absolute Gasteiger partial charge is 0.326 e. The van der Waals surface area contributed by atoms with Gasteiger partial charge in [0.1, 0.15) is 23.6 Å². The van der Waals surface area contributed by atoms with Crippen molar-refractivity contribution in [2.24, 2.45) is 5.73 Å². The van der Waals surface area contributed by atoms with Crippen molar-refractivity contribution in [2.45, 2.75) is 43.8 Å². The lowest BCUT2D eigenvalue weighted by Gasteiger charge is -2.25. The van der Waals surface area contributed by atoms with Gasteiger partial charge in [-0.05, 0) is 54.7 Å². The Bertz CT molecular complexity index is 1160. The molecule has 6 N–H and O–H groups in total. The number of urea groups is 1. The molecule has 2 heterocycles. The minimum Gasteiger partial charge on any atom is -0.508 e. The monoisotopic (exact) mass is 481 g/mol. The van der Waals surface area contributed by atoms with Crippen LogP contribution in [-0.2, 0) is 17.6 Å². The number of carboxylic acids is 1. The van der Waals surface area contributed by atoms with Crippen molar-refractivity contribution < 1.29 is 29.3 Å². The number of nitrogens with one attached hydrogen (secondary N) is 1. The molecule has 0 aliphatic carbocycles. The number of hydrogen-bond acceptors (Lipinski definition) is 8. The number of carboxylic acid groups (broad SMARTS) is 1. The fourth-order valence-corrected chi connectivity index (χ4v) is 4.07. The zero-order chi connectivity index (χ0) is 24.9. The Morgan fingerprint density at radius 2 is 1.63 bits per heavy atom. The first kappa shape index (κ1) is 24.0. The molecular weight excluding hydrogens is 454 g/mol. The maximum absolute atomic E-state index is 13.0. The van der Waals surface area contributed by atoms with E-state index in [0.717, 1.165) is 5.56 Å². The first-order valence-electron chi connectivity index (χ1n) is 11.2. The number of likely N-dealkylation sites (tertiary alicyclic amines) is 1. The van der Waals surface area contributed by atoms with Crippen LogP contribution in [0.2, 0.25) is 0 Å². The molecule has 2 amide bonds. The zero-order valence-corrected chi connectivity index (χ0v) is 18.9. The number of rotatable bonds is 8. The zero-order valence-electron chi connectivity index (χ0n) is 18.9. The molecule has 0 bridgehead atoms. The van der Waals surface area contributed by atoms with Gasteiger partial charge in [0.25, 0.3) is 0 Å². The Morgan fingerprint density at radius 1 is 1.03 bits per heavy atom. The highest BCUT2D eigenvalue weighted by Gasteiger charge is 2.36. The molecule has 1 aliphatic heterocycles. The number of nitrogens with zero attached hydrogens (tertiary/aromatic N) is 3. The molecule has 0 spiro atoms. The molecule has 11 nitrogen and oxygen atoms in total. The number of aliphatic carboxylic acids is 1. The second kappa shape index (κ2) is 10.4. The summed E-state index contributed by atoms with van der Waals surface area (Å²) in [4.78, 5) is 26.2. The number of carbonyl (C=O) groups is 2. The molecule has 2 aromatic carbocycles. The maximum Gasteiger partial charge on any atom is 0.326 e. The third kappa shape index (κ3) is 5.87. The van der Waals surface area contributed by atoms with Crippen LogP contribution in [0.1, 0.15) is 47.8 Å². The van der Waals surface area contributed by atoms with Crippen LogP contribution < -0.4 is 11.1 Å². The molecule has 35 heavy (non-hydrogen) atoms. The topological polar surface area (TPSA) is 175 Å². The van der Waals surface area contributed by atoms with Crippen molar-refractivity contribution in [3.63, 3.8) is 0 Å². The summed E-state index contributed by atoms with van der Waals surface area (Å²) in [6, 6.07) is 10.1. The number of carbonyl (C=O) groups excluding carboxylic acids is 1. The van der Waals surface area contributed by atoms with Crippen molar-refractivity contribution in [3.8, 4) is 11.5 Å². The Hall–Kier alpha value is -4.12. The molecule has 11 heteroatoms. The SMILES string of the molecule is N[C@@H](Cc1ccc(O)cc1)c1nnc([C@@H]2CCCN2C(=O)N[C@@H](Cc2ccc(O)cc2)C(=O)O)o1. The minimum atomic E-state index is -1.16. The lowest BCUT2D eigenvalue weighted by Crippen LogP contribution is -2.48. The van der Waals surface area contributed by atoms with E-state index in [4.69, 9.17) is 10.2 Å². The van der Waals surface area contributed by atoms with Crippen LogP contribution in [0.4, 0.5) is 4.79 Å². The highest BCUT2D eigenvalue weighted by Crippen LogP contribution is 2.32. The van der Waals surface area contributed by atoms with Gasteiger partial charge < -0.3 is 35.7 Å². The number of nitrogens with two attached hydrogens (primary N) is 1. The molecule has 3 aromatic rings. The first-order valence-corrected chi connectivity index (χ1v) is 11.2. The van der Waals surface area contributed by atoms with Crippen LogP contribution in [0.15, 0.2) is 52.9 Å². The number of phenols is 2. The van der Waals surface area contributed by atoms with E-state index < -0.39 is 30.1 Å². The Balaban J connectivity index is 1.41. The van der Waals surface area contributed by atoms with Gasteiger partial charge in [-0.1, -0.05) is 24.3 Å². The fourth-order valence-electron chi connectivity index (χ4n) is 4.07. The predicted octanol–water partition coefficient (Wildman–Crippen LogP) is 2.27. The second-order valence-corrected chi connectivity index (χ2v) is 8.52. The lowest BCUT2D eigenvalue weighted by atomic mass is 10.1. The summed E-state index contributed by atoms with van der Waals surface area (Å²) in [5, 5.41) is 39.2. The van der Waals surface area contributed by atoms with Crippen LogP contribution in [0.25, 0.3) is 0 Å². The van der Waals surface area contributed by atoms with Crippen LogP contribution in [0, 0.1) is 0 Å². The molecule has 1 aromatic heterocycles. The van der Waals surface area contributed by atoms with E-state index >= 15 is 0 Å². The number of phenolic OH excluding ortho intramolecular Hbond substituents is 2. The summed E-state index contributed by atoms with van der Waals surface area (Å²) in [7, 11) is 0. The van der Waals surface area contributed by atoms with Crippen LogP contribution >= 0.6 is 0 Å². The summed E-state index contributed by atoms with van der Waals surface area (Å²) in [6.45, 7) is 0.416. The maximum atomic E-state index is 13.0. The average molecular weight is 482 g/mol. The largest absolute Gasteiger partial charge is 0.508 e. The molecule has 184 valence electrons. The number of benzene rings is 2. The lowest BCUT2D eigenvalue weighted by molar-refractivity contribution is -0.139. The molecule has 0 saturated carbocycles. The van der Waals surface area contributed by atoms with Gasteiger partial charge in [0.2, 0.25) is 11.8 Å². The highest BCUT2D eigenvalue weighted by atomic mass is 16.4. The quantitative estimate of drug-likeness (QED) is 0.323. The van der Waals surface area contributed by atoms with E-state index in [0.29, 0.717) is 31.4 Å². The minimum absolute atomic E-state index is 0.0662. The van der Waals surface area contributed by atoms with Crippen LogP contribution in [-0.4, -0.2) is 55.0 Å². The molecule has 0 radical (unpaired) electrons. The summed E-state index contributed by atoms with van der Waals surface area (Å²) >= 11 is 0. The molecule has 1 saturated heterocycles. The van der Waals surface area contributed by atoms with Gasteiger partial charge in [-0.3, -0.25) is 0 Å². The van der Waals surface area contributed by atoms with Gasteiger partial charge in [-0.15, -0.1) is 10.2 Å². The standard InChI is InChI=1S/C24H27N5O6/c25-18(12-14-3-7-16(30)8-4-14)21-27-28-22(35-21)20-2-1-11-29(20)24(34)26-19(23(32)33)13-15-5-9-17(31)10-6-15/h3-10,18-20,30-31H,1-2,11-13,25H2,(H,26,34)(H,32,33)/t18-,19-,20-/m0/s1. The van der Waals surface area contributed by atoms with E-state index in [1.165, 1.54) is 17.0 Å². The van der Waals surface area contributed by atoms with E-state index in [-0.39, 0.29) is 29.7 Å². The molecule has 1 aliphatic rings. The molecule has 0 unspecified atom stereocenters. The van der Waals surface area contributed by atoms with Crippen molar-refractivity contribution >= 4 is 12.0 Å². The fraction of sp³-hybridized carbons (Fsp3) is 0.333. The van der Waals surface area contributed by atoms with Crippen molar-refractivity contribution in [1.29, 1.82) is 0 Å². The molecule has 3 atom stereocenters. The van der Waals surface area contributed by atoms with E-state index in [1.54, 1.807) is 36.4 Å². The predicted molar refractivity (Wildman–Crippen MR) is 123 cm³/mol. The van der Waals surface area contributed by atoms with Crippen LogP contribution in [0.5, 0.6) is 11.5 Å². The summed E-state index contributed by atoms with van der Waals surface area (Å²) in [6.07, 6.45) is 1.79. The number of aromatic hydroxyl groups is 2. The van der Waals surface area contributed by atoms with Gasteiger partial charge in [0, 0.05) is 13.0 Å². The Kier molecular flexibility index (Phi) is 7.16. The molecule has 1 fully saturated rings. The Labute approximate surface area is 201 Å². The van der Waals surface area contributed by atoms with Gasteiger partial charge in [-0.2, -0.15) is 0 Å². The van der Waals surface area contributed by atoms with Gasteiger partial charge in [0.15, 0.2) is 0 Å². The van der Waals surface area contributed by atoms with Crippen molar-refractivity contribution in [1.82, 2.24) is 20.4 Å². The summed E-state index contributed by atoms with van der Waals surface area (Å²) in [5.41, 5.74) is 7.78. The molecule has 4 rings (SSSR count). The third-order valence-corrected chi connectivity index (χ3v) is 5.94. The Morgan fingerprint density at radius 3 is 2.23 bits per heavy atom. The van der Waals surface area contributed by atoms with E-state index in [9.17, 15) is 24.9 Å².